The molecule has 1 aliphatic heterocycles. The molecule has 0 saturated heterocycles. The molecule has 1 rings (SSSR count). The zero-order valence-electron chi connectivity index (χ0n) is 11.4. The molecular formula is C16H23N. The van der Waals surface area contributed by atoms with Crippen molar-refractivity contribution in [3.63, 3.8) is 0 Å². The minimum Gasteiger partial charge on any atom is -0.374 e. The van der Waals surface area contributed by atoms with Crippen molar-refractivity contribution in [1.82, 2.24) is 4.90 Å². The first-order chi connectivity index (χ1) is 8.16. The Morgan fingerprint density at radius 2 is 2.06 bits per heavy atom. The highest BCUT2D eigenvalue weighted by Gasteiger charge is 2.09. The van der Waals surface area contributed by atoms with Gasteiger partial charge in [-0.25, -0.2) is 0 Å². The highest BCUT2D eigenvalue weighted by molar-refractivity contribution is 5.32. The van der Waals surface area contributed by atoms with Gasteiger partial charge >= 0.3 is 0 Å². The molecule has 92 valence electrons. The van der Waals surface area contributed by atoms with Gasteiger partial charge in [-0.2, -0.15) is 0 Å². The summed E-state index contributed by atoms with van der Waals surface area (Å²) in [6, 6.07) is 0. The number of allylic oxidation sites excluding steroid dienone is 9. The standard InChI is InChI=1S/C16H23N/c1-5-6-8-12-16-14(2)11-9-7-10-13-17(4)15(16)3/h5-12,14H,13H2,1-4H3/b6-5-,10-7-,11-9-,12-8-,16-15-. The van der Waals surface area contributed by atoms with Gasteiger partial charge in [0.2, 0.25) is 0 Å². The van der Waals surface area contributed by atoms with E-state index < -0.39 is 0 Å². The van der Waals surface area contributed by atoms with E-state index in [9.17, 15) is 0 Å². The van der Waals surface area contributed by atoms with Crippen LogP contribution < -0.4 is 0 Å². The molecule has 1 aliphatic rings. The molecule has 0 aromatic carbocycles. The topological polar surface area (TPSA) is 3.24 Å². The molecule has 17 heavy (non-hydrogen) atoms. The van der Waals surface area contributed by atoms with Crippen molar-refractivity contribution < 1.29 is 0 Å². The van der Waals surface area contributed by atoms with E-state index in [2.05, 4.69) is 68.3 Å². The fourth-order valence-electron chi connectivity index (χ4n) is 1.86. The van der Waals surface area contributed by atoms with Crippen LogP contribution in [0.2, 0.25) is 0 Å². The van der Waals surface area contributed by atoms with Crippen molar-refractivity contribution >= 4 is 0 Å². The van der Waals surface area contributed by atoms with Gasteiger partial charge < -0.3 is 4.90 Å². The molecular weight excluding hydrogens is 206 g/mol. The molecule has 0 amide bonds. The Morgan fingerprint density at radius 3 is 2.76 bits per heavy atom. The van der Waals surface area contributed by atoms with Crippen LogP contribution in [-0.2, 0) is 0 Å². The second-order valence-electron chi connectivity index (χ2n) is 4.41. The van der Waals surface area contributed by atoms with Crippen molar-refractivity contribution in [2.75, 3.05) is 13.6 Å². The predicted molar refractivity (Wildman–Crippen MR) is 76.7 cm³/mol. The molecule has 0 bridgehead atoms. The first-order valence-corrected chi connectivity index (χ1v) is 6.21. The third-order valence-corrected chi connectivity index (χ3v) is 3.09. The molecule has 0 aromatic rings. The van der Waals surface area contributed by atoms with Crippen molar-refractivity contribution in [2.24, 2.45) is 5.92 Å². The minimum absolute atomic E-state index is 0.446. The van der Waals surface area contributed by atoms with Crippen molar-refractivity contribution in [1.29, 1.82) is 0 Å². The maximum Gasteiger partial charge on any atom is 0.0356 e. The summed E-state index contributed by atoms with van der Waals surface area (Å²) < 4.78 is 0. The van der Waals surface area contributed by atoms with Crippen LogP contribution in [-0.4, -0.2) is 18.5 Å². The van der Waals surface area contributed by atoms with Gasteiger partial charge in [-0.05, 0) is 19.4 Å². The van der Waals surface area contributed by atoms with Gasteiger partial charge in [-0.1, -0.05) is 55.5 Å². The summed E-state index contributed by atoms with van der Waals surface area (Å²) in [5.41, 5.74) is 2.72. The summed E-state index contributed by atoms with van der Waals surface area (Å²) >= 11 is 0. The van der Waals surface area contributed by atoms with Crippen LogP contribution in [0.4, 0.5) is 0 Å². The predicted octanol–water partition coefficient (Wildman–Crippen LogP) is 4.09. The third-order valence-electron chi connectivity index (χ3n) is 3.09. The van der Waals surface area contributed by atoms with Gasteiger partial charge in [0, 0.05) is 25.2 Å². The van der Waals surface area contributed by atoms with Gasteiger partial charge in [0.15, 0.2) is 0 Å². The summed E-state index contributed by atoms with van der Waals surface area (Å²) in [7, 11) is 2.14. The largest absolute Gasteiger partial charge is 0.374 e. The Balaban J connectivity index is 3.06. The molecule has 0 aliphatic carbocycles. The van der Waals surface area contributed by atoms with Gasteiger partial charge in [-0.3, -0.25) is 0 Å². The quantitative estimate of drug-likeness (QED) is 0.645. The van der Waals surface area contributed by atoms with E-state index in [0.717, 1.165) is 6.54 Å². The molecule has 0 fully saturated rings. The van der Waals surface area contributed by atoms with Gasteiger partial charge in [-0.15, -0.1) is 0 Å². The summed E-state index contributed by atoms with van der Waals surface area (Å²) in [4.78, 5) is 2.29. The Bertz CT molecular complexity index is 380. The maximum absolute atomic E-state index is 2.29. The molecule has 0 radical (unpaired) electrons. The number of hydrogen-bond acceptors (Lipinski definition) is 1. The first kappa shape index (κ1) is 13.6. The lowest BCUT2D eigenvalue weighted by atomic mass is 9.97. The summed E-state index contributed by atoms with van der Waals surface area (Å²) in [5.74, 6) is 0.446. The second kappa shape index (κ2) is 6.95. The summed E-state index contributed by atoms with van der Waals surface area (Å²) in [5, 5.41) is 0. The smallest absolute Gasteiger partial charge is 0.0356 e. The Hall–Kier alpha value is -1.50. The van der Waals surface area contributed by atoms with Crippen LogP contribution in [0.25, 0.3) is 0 Å². The highest BCUT2D eigenvalue weighted by Crippen LogP contribution is 2.21. The molecule has 1 nitrogen and oxygen atoms in total. The van der Waals surface area contributed by atoms with Gasteiger partial charge in [0.05, 0.1) is 0 Å². The van der Waals surface area contributed by atoms with Crippen LogP contribution in [0.15, 0.2) is 59.9 Å². The van der Waals surface area contributed by atoms with Crippen LogP contribution in [0.1, 0.15) is 20.8 Å². The SMILES string of the molecule is C\C=C/C=C\C1=C(/C)N(C)C/C=C\C=C/C1C. The lowest BCUT2D eigenvalue weighted by molar-refractivity contribution is 0.457. The zero-order chi connectivity index (χ0) is 12.7. The fraction of sp³-hybridized carbons (Fsp3) is 0.375. The van der Waals surface area contributed by atoms with Crippen molar-refractivity contribution in [3.05, 3.63) is 59.9 Å². The van der Waals surface area contributed by atoms with Crippen LogP contribution >= 0.6 is 0 Å². The normalized spacial score (nSPS) is 30.4. The minimum atomic E-state index is 0.446. The molecule has 0 spiro atoms. The number of likely N-dealkylation sites (N-methyl/N-ethyl adjacent to an activating group) is 1. The van der Waals surface area contributed by atoms with Gasteiger partial charge in [0.1, 0.15) is 0 Å². The van der Waals surface area contributed by atoms with E-state index in [1.165, 1.54) is 11.3 Å². The molecule has 0 aromatic heterocycles. The van der Waals surface area contributed by atoms with Crippen LogP contribution in [0.5, 0.6) is 0 Å². The first-order valence-electron chi connectivity index (χ1n) is 6.21. The lowest BCUT2D eigenvalue weighted by Crippen LogP contribution is -2.18. The van der Waals surface area contributed by atoms with Crippen molar-refractivity contribution in [3.8, 4) is 0 Å². The van der Waals surface area contributed by atoms with E-state index in [1.807, 2.05) is 13.0 Å². The summed E-state index contributed by atoms with van der Waals surface area (Å²) in [6.07, 6.45) is 17.1. The van der Waals surface area contributed by atoms with Crippen LogP contribution in [0, 0.1) is 5.92 Å². The van der Waals surface area contributed by atoms with E-state index in [1.54, 1.807) is 0 Å². The second-order valence-corrected chi connectivity index (χ2v) is 4.41. The Morgan fingerprint density at radius 1 is 1.29 bits per heavy atom. The molecule has 0 saturated carbocycles. The van der Waals surface area contributed by atoms with Crippen LogP contribution in [0.3, 0.4) is 0 Å². The number of rotatable bonds is 2. The molecule has 0 N–H and O–H groups in total. The van der Waals surface area contributed by atoms with E-state index >= 15 is 0 Å². The third kappa shape index (κ3) is 4.10. The van der Waals surface area contributed by atoms with E-state index in [4.69, 9.17) is 0 Å². The average Bonchev–Trinajstić information content (AvgIpc) is 2.37. The average molecular weight is 229 g/mol. The summed E-state index contributed by atoms with van der Waals surface area (Å²) in [6.45, 7) is 7.43. The number of nitrogens with zero attached hydrogens (tertiary/aromatic N) is 1. The van der Waals surface area contributed by atoms with Gasteiger partial charge in [0.25, 0.3) is 0 Å². The molecule has 1 heterocycles. The zero-order valence-corrected chi connectivity index (χ0v) is 11.4. The van der Waals surface area contributed by atoms with E-state index in [-0.39, 0.29) is 0 Å². The highest BCUT2D eigenvalue weighted by atomic mass is 15.1. The van der Waals surface area contributed by atoms with E-state index in [0.29, 0.717) is 5.92 Å². The monoisotopic (exact) mass is 229 g/mol. The number of hydrogen-bond donors (Lipinski definition) is 0. The fourth-order valence-corrected chi connectivity index (χ4v) is 1.86. The molecule has 1 unspecified atom stereocenters. The molecule has 1 heteroatoms. The Kier molecular flexibility index (Phi) is 5.55. The van der Waals surface area contributed by atoms with Crippen molar-refractivity contribution in [2.45, 2.75) is 20.8 Å². The molecule has 1 atom stereocenters. The maximum atomic E-state index is 2.29. The lowest BCUT2D eigenvalue weighted by Gasteiger charge is -2.22. The Labute approximate surface area is 106 Å².